The predicted molar refractivity (Wildman–Crippen MR) is 81.5 cm³/mol. The summed E-state index contributed by atoms with van der Waals surface area (Å²) in [6, 6.07) is 10.8. The van der Waals surface area contributed by atoms with E-state index >= 15 is 0 Å². The molecule has 0 fully saturated rings. The van der Waals surface area contributed by atoms with E-state index in [0.717, 1.165) is 24.5 Å². The Labute approximate surface area is 119 Å². The van der Waals surface area contributed by atoms with Gasteiger partial charge in [0.05, 0.1) is 5.69 Å². The Bertz CT molecular complexity index is 540. The van der Waals surface area contributed by atoms with Gasteiger partial charge in [-0.25, -0.2) is 9.37 Å². The van der Waals surface area contributed by atoms with E-state index in [1.165, 1.54) is 6.07 Å². The first-order chi connectivity index (χ1) is 9.74. The van der Waals surface area contributed by atoms with Crippen LogP contribution in [0.2, 0.25) is 0 Å². The highest BCUT2D eigenvalue weighted by molar-refractivity contribution is 5.48. The van der Waals surface area contributed by atoms with Crippen LogP contribution in [0, 0.1) is 5.82 Å². The van der Waals surface area contributed by atoms with Gasteiger partial charge in [-0.2, -0.15) is 0 Å². The van der Waals surface area contributed by atoms with Gasteiger partial charge < -0.3 is 10.2 Å². The molecule has 0 spiro atoms. The van der Waals surface area contributed by atoms with E-state index in [-0.39, 0.29) is 5.82 Å². The molecule has 1 aromatic carbocycles. The van der Waals surface area contributed by atoms with Crippen molar-refractivity contribution in [1.82, 2.24) is 4.98 Å². The quantitative estimate of drug-likeness (QED) is 0.870. The molecule has 3 nitrogen and oxygen atoms in total. The van der Waals surface area contributed by atoms with Crippen molar-refractivity contribution in [2.45, 2.75) is 20.4 Å². The fraction of sp³-hybridized carbons (Fsp3) is 0.312. The lowest BCUT2D eigenvalue weighted by Gasteiger charge is -2.23. The zero-order valence-electron chi connectivity index (χ0n) is 11.9. The maximum absolute atomic E-state index is 13.8. The summed E-state index contributed by atoms with van der Waals surface area (Å²) in [4.78, 5) is 6.34. The minimum atomic E-state index is -0.188. The largest absolute Gasteiger partial charge is 0.370 e. The Morgan fingerprint density at radius 2 is 1.95 bits per heavy atom. The van der Waals surface area contributed by atoms with Crippen LogP contribution in [0.4, 0.5) is 15.9 Å². The highest BCUT2D eigenvalue weighted by Crippen LogP contribution is 2.20. The van der Waals surface area contributed by atoms with Crippen molar-refractivity contribution in [2.75, 3.05) is 23.3 Å². The number of benzene rings is 1. The van der Waals surface area contributed by atoms with E-state index in [0.29, 0.717) is 12.2 Å². The standard InChI is InChI=1S/C16H20FN3/c1-3-18-16-10-9-13(11-19-16)12-20(4-2)15-8-6-5-7-14(15)17/h5-11H,3-4,12H2,1-2H3,(H,18,19). The molecular formula is C16H20FN3. The second kappa shape index (κ2) is 6.89. The maximum atomic E-state index is 13.8. The van der Waals surface area contributed by atoms with Crippen LogP contribution in [0.15, 0.2) is 42.6 Å². The van der Waals surface area contributed by atoms with Crippen LogP contribution < -0.4 is 10.2 Å². The van der Waals surface area contributed by atoms with E-state index in [1.807, 2.05) is 43.1 Å². The fourth-order valence-corrected chi connectivity index (χ4v) is 2.10. The number of anilines is 2. The van der Waals surface area contributed by atoms with Gasteiger partial charge in [-0.05, 0) is 37.6 Å². The summed E-state index contributed by atoms with van der Waals surface area (Å²) >= 11 is 0. The smallest absolute Gasteiger partial charge is 0.146 e. The zero-order valence-corrected chi connectivity index (χ0v) is 11.9. The van der Waals surface area contributed by atoms with Crippen LogP contribution in [0.1, 0.15) is 19.4 Å². The Morgan fingerprint density at radius 3 is 2.55 bits per heavy atom. The predicted octanol–water partition coefficient (Wildman–Crippen LogP) is 3.68. The number of rotatable bonds is 6. The number of para-hydroxylation sites is 1. The third-order valence-electron chi connectivity index (χ3n) is 3.13. The first-order valence-electron chi connectivity index (χ1n) is 6.92. The lowest BCUT2D eigenvalue weighted by atomic mass is 10.2. The van der Waals surface area contributed by atoms with Gasteiger partial charge >= 0.3 is 0 Å². The second-order valence-electron chi connectivity index (χ2n) is 4.55. The van der Waals surface area contributed by atoms with Crippen molar-refractivity contribution < 1.29 is 4.39 Å². The van der Waals surface area contributed by atoms with Crippen molar-refractivity contribution in [3.05, 3.63) is 54.0 Å². The Morgan fingerprint density at radius 1 is 1.15 bits per heavy atom. The summed E-state index contributed by atoms with van der Waals surface area (Å²) in [6.45, 7) is 6.30. The molecule has 0 aliphatic heterocycles. The molecule has 0 amide bonds. The number of nitrogens with zero attached hydrogens (tertiary/aromatic N) is 2. The van der Waals surface area contributed by atoms with Crippen LogP contribution in [0.25, 0.3) is 0 Å². The van der Waals surface area contributed by atoms with Gasteiger partial charge in [0.25, 0.3) is 0 Å². The molecule has 0 radical (unpaired) electrons. The van der Waals surface area contributed by atoms with Gasteiger partial charge in [-0.15, -0.1) is 0 Å². The van der Waals surface area contributed by atoms with E-state index in [2.05, 4.69) is 10.3 Å². The average molecular weight is 273 g/mol. The highest BCUT2D eigenvalue weighted by atomic mass is 19.1. The van der Waals surface area contributed by atoms with Gasteiger partial charge in [0.15, 0.2) is 0 Å². The Balaban J connectivity index is 2.12. The summed E-state index contributed by atoms with van der Waals surface area (Å²) in [7, 11) is 0. The lowest BCUT2D eigenvalue weighted by molar-refractivity contribution is 0.618. The zero-order chi connectivity index (χ0) is 14.4. The molecule has 0 bridgehead atoms. The van der Waals surface area contributed by atoms with Crippen LogP contribution in [0.5, 0.6) is 0 Å². The van der Waals surface area contributed by atoms with E-state index in [1.54, 1.807) is 12.1 Å². The molecule has 0 saturated carbocycles. The number of hydrogen-bond donors (Lipinski definition) is 1. The molecule has 20 heavy (non-hydrogen) atoms. The highest BCUT2D eigenvalue weighted by Gasteiger charge is 2.09. The van der Waals surface area contributed by atoms with Crippen molar-refractivity contribution in [2.24, 2.45) is 0 Å². The first-order valence-corrected chi connectivity index (χ1v) is 6.92. The topological polar surface area (TPSA) is 28.2 Å². The summed E-state index contributed by atoms with van der Waals surface area (Å²) in [6.07, 6.45) is 1.83. The van der Waals surface area contributed by atoms with Crippen LogP contribution in [0.3, 0.4) is 0 Å². The van der Waals surface area contributed by atoms with Crippen LogP contribution in [-0.2, 0) is 6.54 Å². The van der Waals surface area contributed by atoms with Gasteiger partial charge in [0.2, 0.25) is 0 Å². The summed E-state index contributed by atoms with van der Waals surface area (Å²) in [5.74, 6) is 0.678. The first kappa shape index (κ1) is 14.3. The molecule has 1 heterocycles. The molecule has 0 unspecified atom stereocenters. The summed E-state index contributed by atoms with van der Waals surface area (Å²) in [5, 5.41) is 3.16. The number of pyridine rings is 1. The molecule has 0 aliphatic rings. The number of nitrogens with one attached hydrogen (secondary N) is 1. The number of halogens is 1. The van der Waals surface area contributed by atoms with Crippen molar-refractivity contribution >= 4 is 11.5 Å². The van der Waals surface area contributed by atoms with Gasteiger partial charge in [0, 0.05) is 25.8 Å². The second-order valence-corrected chi connectivity index (χ2v) is 4.55. The van der Waals surface area contributed by atoms with Gasteiger partial charge in [0.1, 0.15) is 11.6 Å². The number of hydrogen-bond acceptors (Lipinski definition) is 3. The maximum Gasteiger partial charge on any atom is 0.146 e. The molecule has 0 atom stereocenters. The molecular weight excluding hydrogens is 253 g/mol. The van der Waals surface area contributed by atoms with Crippen molar-refractivity contribution in [3.63, 3.8) is 0 Å². The lowest BCUT2D eigenvalue weighted by Crippen LogP contribution is -2.23. The normalized spacial score (nSPS) is 10.3. The van der Waals surface area contributed by atoms with E-state index in [9.17, 15) is 4.39 Å². The van der Waals surface area contributed by atoms with Gasteiger partial charge in [-0.3, -0.25) is 0 Å². The molecule has 0 aliphatic carbocycles. The minimum Gasteiger partial charge on any atom is -0.370 e. The fourth-order valence-electron chi connectivity index (χ4n) is 2.10. The van der Waals surface area contributed by atoms with E-state index in [4.69, 9.17) is 0 Å². The molecule has 0 saturated heterocycles. The Kier molecular flexibility index (Phi) is 4.93. The Hall–Kier alpha value is -2.10. The average Bonchev–Trinajstić information content (AvgIpc) is 2.48. The molecule has 1 aromatic heterocycles. The summed E-state index contributed by atoms with van der Waals surface area (Å²) in [5.41, 5.74) is 1.70. The number of aromatic nitrogens is 1. The third kappa shape index (κ3) is 3.47. The molecule has 106 valence electrons. The molecule has 2 aromatic rings. The minimum absolute atomic E-state index is 0.188. The van der Waals surface area contributed by atoms with Crippen molar-refractivity contribution in [3.8, 4) is 0 Å². The third-order valence-corrected chi connectivity index (χ3v) is 3.13. The molecule has 2 rings (SSSR count). The SMILES string of the molecule is CCNc1ccc(CN(CC)c2ccccc2F)cn1. The monoisotopic (exact) mass is 273 g/mol. The van der Waals surface area contributed by atoms with Crippen LogP contribution >= 0.6 is 0 Å². The van der Waals surface area contributed by atoms with E-state index < -0.39 is 0 Å². The molecule has 4 heteroatoms. The molecule has 1 N–H and O–H groups in total. The van der Waals surface area contributed by atoms with Gasteiger partial charge in [-0.1, -0.05) is 18.2 Å². The van der Waals surface area contributed by atoms with Crippen molar-refractivity contribution in [1.29, 1.82) is 0 Å². The summed E-state index contributed by atoms with van der Waals surface area (Å²) < 4.78 is 13.8. The van der Waals surface area contributed by atoms with Crippen LogP contribution in [-0.4, -0.2) is 18.1 Å².